The molecule has 0 radical (unpaired) electrons. The van der Waals surface area contributed by atoms with Gasteiger partial charge in [-0.2, -0.15) is 0 Å². The molecule has 1 saturated heterocycles. The number of halogens is 1. The Bertz CT molecular complexity index is 779. The van der Waals surface area contributed by atoms with Crippen molar-refractivity contribution < 1.29 is 18.9 Å². The lowest BCUT2D eigenvalue weighted by Gasteiger charge is -2.31. The van der Waals surface area contributed by atoms with Crippen molar-refractivity contribution in [3.8, 4) is 0 Å². The summed E-state index contributed by atoms with van der Waals surface area (Å²) in [5.41, 5.74) is 0.385. The van der Waals surface area contributed by atoms with E-state index in [2.05, 4.69) is 4.90 Å². The van der Waals surface area contributed by atoms with Gasteiger partial charge in [-0.05, 0) is 38.9 Å². The van der Waals surface area contributed by atoms with Crippen LogP contribution in [0.25, 0.3) is 0 Å². The van der Waals surface area contributed by atoms with Gasteiger partial charge in [-0.1, -0.05) is 30.4 Å². The minimum atomic E-state index is -0.494. The molecule has 0 bridgehead atoms. The molecule has 0 aliphatic carbocycles. The van der Waals surface area contributed by atoms with Crippen molar-refractivity contribution >= 4 is 27.9 Å². The summed E-state index contributed by atoms with van der Waals surface area (Å²) in [5, 5.41) is 12.2. The van der Waals surface area contributed by atoms with Crippen LogP contribution in [0.3, 0.4) is 0 Å². The zero-order valence-electron chi connectivity index (χ0n) is 16.1. The van der Waals surface area contributed by atoms with E-state index >= 15 is 0 Å². The van der Waals surface area contributed by atoms with E-state index < -0.39 is 4.92 Å². The smallest absolute Gasteiger partial charge is 0.303 e. The topological polar surface area (TPSA) is 80.5 Å². The lowest BCUT2D eigenvalue weighted by Crippen LogP contribution is -2.38. The summed E-state index contributed by atoms with van der Waals surface area (Å²) in [5.74, 6) is -0.693. The van der Waals surface area contributed by atoms with Crippen molar-refractivity contribution in [2.75, 3.05) is 19.6 Å². The highest BCUT2D eigenvalue weighted by molar-refractivity contribution is 7.13. The quantitative estimate of drug-likeness (QED) is 0.259. The molecule has 8 heteroatoms. The molecule has 1 atom stereocenters. The minimum absolute atomic E-state index is 0.0276. The number of hydrogen-bond donors (Lipinski definition) is 0. The Morgan fingerprint density at radius 2 is 2.11 bits per heavy atom. The summed E-state index contributed by atoms with van der Waals surface area (Å²) in [4.78, 5) is 37.0. The fourth-order valence-corrected chi connectivity index (χ4v) is 3.94. The van der Waals surface area contributed by atoms with Crippen LogP contribution >= 0.6 is 11.3 Å². The number of hydrogen-bond acceptors (Lipinski definition) is 6. The first-order chi connectivity index (χ1) is 13.3. The normalized spacial score (nSPS) is 17.8. The van der Waals surface area contributed by atoms with Crippen LogP contribution in [0.1, 0.15) is 43.5 Å². The van der Waals surface area contributed by atoms with Crippen molar-refractivity contribution in [2.45, 2.75) is 33.1 Å². The molecule has 2 rings (SSSR count). The van der Waals surface area contributed by atoms with Crippen molar-refractivity contribution in [1.29, 1.82) is 0 Å². The van der Waals surface area contributed by atoms with E-state index in [4.69, 9.17) is 0 Å². The molecular formula is C20H25FN2O4S. The molecule has 6 nitrogen and oxygen atoms in total. The molecule has 1 aromatic heterocycles. The summed E-state index contributed by atoms with van der Waals surface area (Å²) >= 11 is 0.957. The lowest BCUT2D eigenvalue weighted by atomic mass is 9.86. The number of Topliss-reactive ketones (excluding diaryl/α,β-unsaturated/α-hetero) is 2. The maximum atomic E-state index is 13.2. The monoisotopic (exact) mass is 408 g/mol. The van der Waals surface area contributed by atoms with Crippen LogP contribution in [0.15, 0.2) is 35.5 Å². The van der Waals surface area contributed by atoms with Gasteiger partial charge in [0.1, 0.15) is 11.6 Å². The second kappa shape index (κ2) is 10.4. The zero-order chi connectivity index (χ0) is 20.7. The first kappa shape index (κ1) is 22.1. The van der Waals surface area contributed by atoms with Crippen molar-refractivity contribution in [1.82, 2.24) is 4.90 Å². The molecule has 1 aromatic rings. The molecule has 0 aromatic carbocycles. The first-order valence-electron chi connectivity index (χ1n) is 9.34. The molecule has 0 spiro atoms. The van der Waals surface area contributed by atoms with Crippen LogP contribution in [0, 0.1) is 22.0 Å². The highest BCUT2D eigenvalue weighted by Gasteiger charge is 2.27. The third-order valence-electron chi connectivity index (χ3n) is 5.00. The maximum absolute atomic E-state index is 13.2. The predicted octanol–water partition coefficient (Wildman–Crippen LogP) is 4.58. The molecule has 1 fully saturated rings. The molecule has 152 valence electrons. The number of allylic oxidation sites excluding steroid dienone is 4. The van der Waals surface area contributed by atoms with E-state index in [9.17, 15) is 24.1 Å². The number of carbonyl (C=O) groups is 2. The van der Waals surface area contributed by atoms with E-state index in [-0.39, 0.29) is 34.2 Å². The lowest BCUT2D eigenvalue weighted by molar-refractivity contribution is -0.380. The van der Waals surface area contributed by atoms with E-state index in [0.29, 0.717) is 18.5 Å². The third-order valence-corrected chi connectivity index (χ3v) is 5.88. The number of rotatable bonds is 9. The Morgan fingerprint density at radius 3 is 2.68 bits per heavy atom. The number of nitrogens with zero attached hydrogens (tertiary/aromatic N) is 2. The Morgan fingerprint density at radius 1 is 1.43 bits per heavy atom. The Balaban J connectivity index is 1.77. The Labute approximate surface area is 167 Å². The number of likely N-dealkylation sites (tertiary alicyclic amines) is 1. The Kier molecular flexibility index (Phi) is 8.19. The largest absolute Gasteiger partial charge is 0.324 e. The molecule has 1 aliphatic heterocycles. The first-order valence-corrected chi connectivity index (χ1v) is 10.2. The van der Waals surface area contributed by atoms with Gasteiger partial charge in [-0.25, -0.2) is 4.39 Å². The van der Waals surface area contributed by atoms with Gasteiger partial charge in [-0.3, -0.25) is 19.7 Å². The van der Waals surface area contributed by atoms with Gasteiger partial charge in [0, 0.05) is 41.8 Å². The van der Waals surface area contributed by atoms with Gasteiger partial charge in [0.15, 0.2) is 5.78 Å². The number of piperidine rings is 1. The van der Waals surface area contributed by atoms with E-state index in [1.165, 1.54) is 23.6 Å². The van der Waals surface area contributed by atoms with Gasteiger partial charge in [0.05, 0.1) is 4.92 Å². The van der Waals surface area contributed by atoms with Gasteiger partial charge in [-0.15, -0.1) is 0 Å². The van der Waals surface area contributed by atoms with Crippen LogP contribution in [-0.2, 0) is 4.79 Å². The predicted molar refractivity (Wildman–Crippen MR) is 107 cm³/mol. The summed E-state index contributed by atoms with van der Waals surface area (Å²) in [7, 11) is 0. The van der Waals surface area contributed by atoms with Gasteiger partial charge in [0.2, 0.25) is 0 Å². The van der Waals surface area contributed by atoms with Gasteiger partial charge < -0.3 is 4.90 Å². The summed E-state index contributed by atoms with van der Waals surface area (Å²) < 4.78 is 13.2. The molecular weight excluding hydrogens is 383 g/mol. The average Bonchev–Trinajstić information content (AvgIpc) is 3.20. The average molecular weight is 408 g/mol. The second-order valence-electron chi connectivity index (χ2n) is 6.94. The highest BCUT2D eigenvalue weighted by Crippen LogP contribution is 2.25. The van der Waals surface area contributed by atoms with E-state index in [1.54, 1.807) is 19.9 Å². The second-order valence-corrected chi connectivity index (χ2v) is 7.83. The maximum Gasteiger partial charge on any atom is 0.324 e. The number of thiophene rings is 1. The number of carbonyl (C=O) groups excluding carboxylic acids is 2. The van der Waals surface area contributed by atoms with Crippen LogP contribution in [0.2, 0.25) is 0 Å². The van der Waals surface area contributed by atoms with Crippen molar-refractivity contribution in [3.05, 3.63) is 51.2 Å². The molecule has 0 unspecified atom stereocenters. The number of nitro groups is 1. The fraction of sp³-hybridized carbons (Fsp3) is 0.500. The van der Waals surface area contributed by atoms with Crippen molar-refractivity contribution in [3.63, 3.8) is 0 Å². The number of ketones is 2. The highest BCUT2D eigenvalue weighted by atomic mass is 32.1. The van der Waals surface area contributed by atoms with Crippen LogP contribution in [-0.4, -0.2) is 41.0 Å². The van der Waals surface area contributed by atoms with Crippen LogP contribution in [0.4, 0.5) is 9.39 Å². The van der Waals surface area contributed by atoms with E-state index in [0.717, 1.165) is 37.3 Å². The molecule has 0 amide bonds. The summed E-state index contributed by atoms with van der Waals surface area (Å²) in [6.45, 7) is 5.42. The van der Waals surface area contributed by atoms with Gasteiger partial charge >= 0.3 is 5.00 Å². The van der Waals surface area contributed by atoms with Crippen molar-refractivity contribution in [2.24, 2.45) is 11.8 Å². The minimum Gasteiger partial charge on any atom is -0.303 e. The third kappa shape index (κ3) is 6.17. The summed E-state index contributed by atoms with van der Waals surface area (Å²) in [6.07, 6.45) is 6.03. The summed E-state index contributed by atoms with van der Waals surface area (Å²) in [6, 6.07) is 1.32. The molecule has 2 heterocycles. The SMILES string of the molecule is C/C=C(F)\C=C/[C@@H](C)C(=O)C1CCN(CCC(=O)c2csc([N+](=O)[O-])c2)CC1. The Hall–Kier alpha value is -2.19. The van der Waals surface area contributed by atoms with Crippen LogP contribution < -0.4 is 0 Å². The zero-order valence-corrected chi connectivity index (χ0v) is 16.9. The standard InChI is InChI=1S/C20H25FN2O4S/c1-3-17(21)5-4-14(2)20(25)15-6-9-22(10-7-15)11-8-18(24)16-12-19(23(26)27)28-13-16/h3-5,12-15H,6-11H2,1-2H3/b5-4-,17-3+/t14-/m1/s1. The molecule has 28 heavy (non-hydrogen) atoms. The molecule has 0 N–H and O–H groups in total. The molecule has 1 aliphatic rings. The van der Waals surface area contributed by atoms with Crippen LogP contribution in [0.5, 0.6) is 0 Å². The van der Waals surface area contributed by atoms with E-state index in [1.807, 2.05) is 0 Å². The fourth-order valence-electron chi connectivity index (χ4n) is 3.21. The van der Waals surface area contributed by atoms with Gasteiger partial charge in [0.25, 0.3) is 0 Å². The molecule has 0 saturated carbocycles.